The number of carbonyl (C=O) groups is 2. The number of carbonyl (C=O) groups excluding carboxylic acids is 1. The summed E-state index contributed by atoms with van der Waals surface area (Å²) in [6.45, 7) is 0.0171. The lowest BCUT2D eigenvalue weighted by Crippen LogP contribution is -2.31. The maximum absolute atomic E-state index is 13.7. The molecule has 1 aliphatic carbocycles. The number of nitro benzene ring substituents is 1. The van der Waals surface area contributed by atoms with E-state index < -0.39 is 41.0 Å². The fraction of sp³-hybridized carbons (Fsp3) is 0.167. The van der Waals surface area contributed by atoms with Gasteiger partial charge in [0.2, 0.25) is 5.82 Å². The fourth-order valence-corrected chi connectivity index (χ4v) is 4.10. The Kier molecular flexibility index (Phi) is 6.03. The van der Waals surface area contributed by atoms with Gasteiger partial charge in [0, 0.05) is 12.0 Å². The average molecular weight is 450 g/mol. The van der Waals surface area contributed by atoms with Crippen molar-refractivity contribution in [3.8, 4) is 11.1 Å². The highest BCUT2D eigenvalue weighted by atomic mass is 19.1. The normalized spacial score (nSPS) is 13.0. The van der Waals surface area contributed by atoms with Crippen molar-refractivity contribution in [2.24, 2.45) is 0 Å². The topological polar surface area (TPSA) is 119 Å². The number of rotatable bonds is 7. The first kappa shape index (κ1) is 21.9. The molecule has 1 unspecified atom stereocenters. The first-order chi connectivity index (χ1) is 15.8. The molecule has 0 aromatic heterocycles. The number of ether oxygens (including phenoxy) is 1. The van der Waals surface area contributed by atoms with Crippen LogP contribution in [0.2, 0.25) is 0 Å². The Balaban J connectivity index is 1.51. The zero-order chi connectivity index (χ0) is 23.5. The second-order valence-corrected chi connectivity index (χ2v) is 7.59. The highest BCUT2D eigenvalue weighted by Gasteiger charge is 2.30. The summed E-state index contributed by atoms with van der Waals surface area (Å²) >= 11 is 0. The minimum absolute atomic E-state index is 0.0171. The molecule has 9 heteroatoms. The zero-order valence-corrected chi connectivity index (χ0v) is 17.2. The molecule has 1 aliphatic rings. The van der Waals surface area contributed by atoms with Crippen molar-refractivity contribution in [1.82, 2.24) is 5.32 Å². The van der Waals surface area contributed by atoms with E-state index in [0.29, 0.717) is 0 Å². The van der Waals surface area contributed by atoms with Crippen molar-refractivity contribution in [1.29, 1.82) is 0 Å². The van der Waals surface area contributed by atoms with Crippen molar-refractivity contribution < 1.29 is 28.7 Å². The number of carboxylic acids is 1. The van der Waals surface area contributed by atoms with Gasteiger partial charge in [0.15, 0.2) is 0 Å². The van der Waals surface area contributed by atoms with E-state index in [0.717, 1.165) is 34.4 Å². The third-order valence-corrected chi connectivity index (χ3v) is 5.58. The number of aliphatic carboxylic acids is 1. The minimum Gasteiger partial charge on any atom is -0.481 e. The van der Waals surface area contributed by atoms with Crippen LogP contribution in [0.3, 0.4) is 0 Å². The Morgan fingerprint density at radius 1 is 1.06 bits per heavy atom. The van der Waals surface area contributed by atoms with Gasteiger partial charge in [-0.25, -0.2) is 4.79 Å². The maximum Gasteiger partial charge on any atom is 0.407 e. The predicted molar refractivity (Wildman–Crippen MR) is 116 cm³/mol. The van der Waals surface area contributed by atoms with E-state index in [-0.39, 0.29) is 18.1 Å². The summed E-state index contributed by atoms with van der Waals surface area (Å²) < 4.78 is 19.1. The van der Waals surface area contributed by atoms with Gasteiger partial charge in [-0.3, -0.25) is 14.9 Å². The Morgan fingerprint density at radius 3 is 2.24 bits per heavy atom. The van der Waals surface area contributed by atoms with Gasteiger partial charge in [-0.15, -0.1) is 0 Å². The highest BCUT2D eigenvalue weighted by molar-refractivity contribution is 5.79. The first-order valence-electron chi connectivity index (χ1n) is 10.1. The number of amides is 1. The van der Waals surface area contributed by atoms with E-state index >= 15 is 0 Å². The van der Waals surface area contributed by atoms with Crippen LogP contribution in [0.15, 0.2) is 66.7 Å². The van der Waals surface area contributed by atoms with Gasteiger partial charge in [0.1, 0.15) is 6.61 Å². The molecule has 33 heavy (non-hydrogen) atoms. The molecule has 0 aliphatic heterocycles. The quantitative estimate of drug-likeness (QED) is 0.395. The average Bonchev–Trinajstić information content (AvgIpc) is 3.11. The molecular weight excluding hydrogens is 431 g/mol. The molecule has 3 aromatic carbocycles. The predicted octanol–water partition coefficient (Wildman–Crippen LogP) is 4.79. The van der Waals surface area contributed by atoms with Crippen molar-refractivity contribution in [2.45, 2.75) is 18.4 Å². The van der Waals surface area contributed by atoms with Crippen molar-refractivity contribution >= 4 is 17.7 Å². The van der Waals surface area contributed by atoms with E-state index in [1.165, 1.54) is 6.07 Å². The Bertz CT molecular complexity index is 1200. The standard InChI is InChI=1S/C24H19FN2O6/c25-20-10-9-14(11-22(20)27(31)32)21(12-23(28)29)26-24(30)33-13-19-17-7-3-1-5-15(17)16-6-2-4-8-18(16)19/h1-11,19,21H,12-13H2,(H,26,30)(H,28,29). The van der Waals surface area contributed by atoms with Gasteiger partial charge in [-0.1, -0.05) is 54.6 Å². The number of benzene rings is 3. The molecule has 0 spiro atoms. The molecule has 0 saturated carbocycles. The van der Waals surface area contributed by atoms with Crippen molar-refractivity contribution in [3.05, 3.63) is 99.4 Å². The summed E-state index contributed by atoms with van der Waals surface area (Å²) in [4.78, 5) is 33.9. The molecule has 3 aromatic rings. The summed E-state index contributed by atoms with van der Waals surface area (Å²) in [5, 5.41) is 22.7. The fourth-order valence-electron chi connectivity index (χ4n) is 4.10. The van der Waals surface area contributed by atoms with Gasteiger partial charge in [0.25, 0.3) is 0 Å². The van der Waals surface area contributed by atoms with Crippen LogP contribution < -0.4 is 5.32 Å². The van der Waals surface area contributed by atoms with Crippen LogP contribution in [0.25, 0.3) is 11.1 Å². The Morgan fingerprint density at radius 2 is 1.67 bits per heavy atom. The van der Waals surface area contributed by atoms with Crippen LogP contribution in [0.1, 0.15) is 35.1 Å². The summed E-state index contributed by atoms with van der Waals surface area (Å²) in [5.74, 6) is -2.49. The first-order valence-corrected chi connectivity index (χ1v) is 10.1. The lowest BCUT2D eigenvalue weighted by molar-refractivity contribution is -0.387. The van der Waals surface area contributed by atoms with E-state index in [2.05, 4.69) is 5.32 Å². The minimum atomic E-state index is -1.24. The zero-order valence-electron chi connectivity index (χ0n) is 17.2. The second-order valence-electron chi connectivity index (χ2n) is 7.59. The molecule has 8 nitrogen and oxygen atoms in total. The highest BCUT2D eigenvalue weighted by Crippen LogP contribution is 2.44. The van der Waals surface area contributed by atoms with Gasteiger partial charge < -0.3 is 15.2 Å². The molecule has 2 N–H and O–H groups in total. The van der Waals surface area contributed by atoms with Crippen LogP contribution in [0.5, 0.6) is 0 Å². The third kappa shape index (κ3) is 4.52. The summed E-state index contributed by atoms with van der Waals surface area (Å²) in [5.41, 5.74) is 3.43. The van der Waals surface area contributed by atoms with E-state index in [4.69, 9.17) is 4.74 Å². The monoisotopic (exact) mass is 450 g/mol. The Labute approximate surface area is 187 Å². The number of hydrogen-bond donors (Lipinski definition) is 2. The molecule has 0 bridgehead atoms. The van der Waals surface area contributed by atoms with E-state index in [9.17, 15) is 29.2 Å². The molecule has 168 valence electrons. The number of alkyl carbamates (subject to hydrolysis) is 1. The molecule has 1 amide bonds. The van der Waals surface area contributed by atoms with Crippen molar-refractivity contribution in [3.63, 3.8) is 0 Å². The van der Waals surface area contributed by atoms with E-state index in [1.807, 2.05) is 48.5 Å². The smallest absolute Gasteiger partial charge is 0.407 e. The lowest BCUT2D eigenvalue weighted by Gasteiger charge is -2.19. The summed E-state index contributed by atoms with van der Waals surface area (Å²) in [6, 6.07) is 17.4. The van der Waals surface area contributed by atoms with Crippen LogP contribution in [-0.2, 0) is 9.53 Å². The van der Waals surface area contributed by atoms with Crippen molar-refractivity contribution in [2.75, 3.05) is 6.61 Å². The molecule has 4 rings (SSSR count). The largest absolute Gasteiger partial charge is 0.481 e. The van der Waals surface area contributed by atoms with Gasteiger partial charge in [-0.05, 0) is 33.9 Å². The number of nitrogens with zero attached hydrogens (tertiary/aromatic N) is 1. The molecule has 0 radical (unpaired) electrons. The van der Waals surface area contributed by atoms with Gasteiger partial charge in [0.05, 0.1) is 17.4 Å². The number of hydrogen-bond acceptors (Lipinski definition) is 5. The Hall–Kier alpha value is -4.27. The number of fused-ring (bicyclic) bond motifs is 3. The van der Waals surface area contributed by atoms with Crippen LogP contribution in [-0.4, -0.2) is 28.7 Å². The summed E-state index contributed by atoms with van der Waals surface area (Å²) in [6.07, 6.45) is -1.44. The molecule has 0 saturated heterocycles. The molecule has 0 fully saturated rings. The van der Waals surface area contributed by atoms with Crippen LogP contribution in [0.4, 0.5) is 14.9 Å². The lowest BCUT2D eigenvalue weighted by atomic mass is 9.98. The second kappa shape index (κ2) is 9.07. The number of nitrogens with one attached hydrogen (secondary N) is 1. The molecule has 1 atom stereocenters. The summed E-state index contributed by atoms with van der Waals surface area (Å²) in [7, 11) is 0. The number of halogens is 1. The van der Waals surface area contributed by atoms with E-state index in [1.54, 1.807) is 0 Å². The van der Waals surface area contributed by atoms with Crippen LogP contribution in [0, 0.1) is 15.9 Å². The van der Waals surface area contributed by atoms with Crippen LogP contribution >= 0.6 is 0 Å². The van der Waals surface area contributed by atoms with Gasteiger partial charge >= 0.3 is 17.7 Å². The number of nitro groups is 1. The number of carboxylic acid groups (broad SMARTS) is 1. The van der Waals surface area contributed by atoms with Gasteiger partial charge in [-0.2, -0.15) is 4.39 Å². The molecular formula is C24H19FN2O6. The molecule has 0 heterocycles. The third-order valence-electron chi connectivity index (χ3n) is 5.58. The SMILES string of the molecule is O=C(O)CC(NC(=O)OCC1c2ccccc2-c2ccccc21)c1ccc(F)c([N+](=O)[O-])c1. The maximum atomic E-state index is 13.7.